The number of nitrogens with two attached hydrogens (primary N) is 1. The Balaban J connectivity index is 2.45. The van der Waals surface area contributed by atoms with Gasteiger partial charge in [-0.15, -0.1) is 11.3 Å². The number of benzene rings is 1. The van der Waals surface area contributed by atoms with Gasteiger partial charge in [-0.1, -0.05) is 0 Å². The fourth-order valence-electron chi connectivity index (χ4n) is 1.20. The average Bonchev–Trinajstić information content (AvgIpc) is 2.77. The minimum Gasteiger partial charge on any atom is -0.394 e. The molecule has 18 heavy (non-hydrogen) atoms. The van der Waals surface area contributed by atoms with Crippen LogP contribution in [0.25, 0.3) is 0 Å². The van der Waals surface area contributed by atoms with E-state index in [9.17, 15) is 17.2 Å². The Morgan fingerprint density at radius 2 is 2.06 bits per heavy atom. The van der Waals surface area contributed by atoms with E-state index in [-0.39, 0.29) is 5.13 Å². The first-order valence-corrected chi connectivity index (χ1v) is 6.94. The Bertz CT molecular complexity index is 671. The molecule has 5 nitrogen and oxygen atoms in total. The van der Waals surface area contributed by atoms with E-state index >= 15 is 0 Å². The molecule has 9 heteroatoms. The number of hydrogen-bond donors (Lipinski definition) is 2. The summed E-state index contributed by atoms with van der Waals surface area (Å²) in [5.74, 6) is -2.33. The monoisotopic (exact) mass is 291 g/mol. The molecule has 3 N–H and O–H groups in total. The van der Waals surface area contributed by atoms with E-state index in [1.54, 1.807) is 5.38 Å². The number of thiazole rings is 1. The number of sulfonamides is 1. The predicted octanol–water partition coefficient (Wildman–Crippen LogP) is 1.80. The third kappa shape index (κ3) is 2.27. The number of aromatic nitrogens is 1. The van der Waals surface area contributed by atoms with Gasteiger partial charge in [-0.05, 0) is 12.1 Å². The first-order valence-electron chi connectivity index (χ1n) is 4.57. The third-order valence-corrected chi connectivity index (χ3v) is 4.21. The largest absolute Gasteiger partial charge is 0.394 e. The second kappa shape index (κ2) is 4.50. The van der Waals surface area contributed by atoms with Gasteiger partial charge in [-0.3, -0.25) is 4.72 Å². The first kappa shape index (κ1) is 12.7. The topological polar surface area (TPSA) is 85.1 Å². The van der Waals surface area contributed by atoms with Crippen molar-refractivity contribution in [2.45, 2.75) is 4.90 Å². The van der Waals surface area contributed by atoms with E-state index in [2.05, 4.69) is 9.71 Å². The highest BCUT2D eigenvalue weighted by Crippen LogP contribution is 2.25. The summed E-state index contributed by atoms with van der Waals surface area (Å²) >= 11 is 1.03. The summed E-state index contributed by atoms with van der Waals surface area (Å²) in [4.78, 5) is 2.97. The number of nitrogens with one attached hydrogen (secondary N) is 1. The lowest BCUT2D eigenvalue weighted by Crippen LogP contribution is -2.15. The molecule has 0 saturated heterocycles. The number of nitrogen functional groups attached to an aromatic ring is 1. The Labute approximate surface area is 105 Å². The number of anilines is 2. The molecule has 0 aliphatic carbocycles. The predicted molar refractivity (Wildman–Crippen MR) is 63.7 cm³/mol. The number of rotatable bonds is 3. The molecule has 2 aromatic rings. The average molecular weight is 291 g/mol. The molecule has 0 aliphatic heterocycles. The zero-order valence-corrected chi connectivity index (χ0v) is 10.4. The van der Waals surface area contributed by atoms with Crippen LogP contribution in [-0.2, 0) is 10.0 Å². The maximum absolute atomic E-state index is 13.6. The Morgan fingerprint density at radius 1 is 1.33 bits per heavy atom. The van der Waals surface area contributed by atoms with Crippen LogP contribution in [0.5, 0.6) is 0 Å². The fourth-order valence-corrected chi connectivity index (χ4v) is 3.08. The van der Waals surface area contributed by atoms with Crippen molar-refractivity contribution in [2.24, 2.45) is 0 Å². The Hall–Kier alpha value is -1.74. The SMILES string of the molecule is Nc1c(F)ccc(S(=O)(=O)Nc2nccs2)c1F. The molecule has 0 unspecified atom stereocenters. The van der Waals surface area contributed by atoms with Crippen molar-refractivity contribution in [1.29, 1.82) is 0 Å². The van der Waals surface area contributed by atoms with Crippen molar-refractivity contribution in [3.63, 3.8) is 0 Å². The van der Waals surface area contributed by atoms with Gasteiger partial charge in [0, 0.05) is 11.6 Å². The van der Waals surface area contributed by atoms with E-state index in [0.29, 0.717) is 0 Å². The van der Waals surface area contributed by atoms with Crippen LogP contribution in [-0.4, -0.2) is 13.4 Å². The highest BCUT2D eigenvalue weighted by molar-refractivity contribution is 7.93. The maximum Gasteiger partial charge on any atom is 0.266 e. The van der Waals surface area contributed by atoms with Crippen LogP contribution in [0, 0.1) is 11.6 Å². The molecule has 0 bridgehead atoms. The van der Waals surface area contributed by atoms with Gasteiger partial charge in [0.1, 0.15) is 16.4 Å². The third-order valence-electron chi connectivity index (χ3n) is 2.03. The molecule has 1 aromatic carbocycles. The van der Waals surface area contributed by atoms with Crippen molar-refractivity contribution in [3.8, 4) is 0 Å². The van der Waals surface area contributed by atoms with E-state index in [1.807, 2.05) is 0 Å². The normalized spacial score (nSPS) is 11.4. The second-order valence-corrected chi connectivity index (χ2v) is 5.76. The summed E-state index contributed by atoms with van der Waals surface area (Å²) in [6.07, 6.45) is 1.39. The van der Waals surface area contributed by atoms with Crippen LogP contribution < -0.4 is 10.5 Å². The van der Waals surface area contributed by atoms with Crippen LogP contribution in [0.1, 0.15) is 0 Å². The van der Waals surface area contributed by atoms with Gasteiger partial charge in [0.15, 0.2) is 10.9 Å². The van der Waals surface area contributed by atoms with E-state index in [0.717, 1.165) is 23.5 Å². The van der Waals surface area contributed by atoms with Gasteiger partial charge in [-0.25, -0.2) is 22.2 Å². The molecular weight excluding hydrogens is 284 g/mol. The van der Waals surface area contributed by atoms with Gasteiger partial charge in [0.25, 0.3) is 10.0 Å². The summed E-state index contributed by atoms with van der Waals surface area (Å²) in [5, 5.41) is 1.63. The van der Waals surface area contributed by atoms with Crippen molar-refractivity contribution in [2.75, 3.05) is 10.5 Å². The molecule has 0 radical (unpaired) electrons. The zero-order valence-electron chi connectivity index (χ0n) is 8.72. The summed E-state index contributed by atoms with van der Waals surface area (Å²) in [6.45, 7) is 0. The van der Waals surface area contributed by atoms with Gasteiger partial charge >= 0.3 is 0 Å². The fraction of sp³-hybridized carbons (Fsp3) is 0. The molecule has 0 aliphatic rings. The minimum absolute atomic E-state index is 0.0808. The lowest BCUT2D eigenvalue weighted by molar-refractivity contribution is 0.557. The molecule has 0 spiro atoms. The second-order valence-electron chi connectivity index (χ2n) is 3.22. The molecule has 0 fully saturated rings. The molecule has 0 atom stereocenters. The highest BCUT2D eigenvalue weighted by Gasteiger charge is 2.23. The van der Waals surface area contributed by atoms with E-state index < -0.39 is 32.2 Å². The molecular formula is C9H7F2N3O2S2. The lowest BCUT2D eigenvalue weighted by atomic mass is 10.3. The number of nitrogens with zero attached hydrogens (tertiary/aromatic N) is 1. The number of hydrogen-bond acceptors (Lipinski definition) is 5. The van der Waals surface area contributed by atoms with Gasteiger partial charge in [0.2, 0.25) is 0 Å². The Kier molecular flexibility index (Phi) is 3.18. The van der Waals surface area contributed by atoms with Gasteiger partial charge < -0.3 is 5.73 Å². The smallest absolute Gasteiger partial charge is 0.266 e. The summed E-state index contributed by atoms with van der Waals surface area (Å²) in [6, 6.07) is 1.59. The molecule has 96 valence electrons. The summed E-state index contributed by atoms with van der Waals surface area (Å²) < 4.78 is 52.2. The summed E-state index contributed by atoms with van der Waals surface area (Å²) in [5.41, 5.74) is 4.26. The molecule has 0 saturated carbocycles. The van der Waals surface area contributed by atoms with Crippen molar-refractivity contribution >= 4 is 32.2 Å². The zero-order chi connectivity index (χ0) is 13.3. The van der Waals surface area contributed by atoms with E-state index in [1.165, 1.54) is 6.20 Å². The lowest BCUT2D eigenvalue weighted by Gasteiger charge is -2.08. The standard InChI is InChI=1S/C9H7F2N3O2S2/c10-5-1-2-6(7(11)8(5)12)18(15,16)14-9-13-3-4-17-9/h1-4H,12H2,(H,13,14). The van der Waals surface area contributed by atoms with Crippen LogP contribution in [0.2, 0.25) is 0 Å². The van der Waals surface area contributed by atoms with Crippen LogP contribution in [0.15, 0.2) is 28.6 Å². The highest BCUT2D eigenvalue weighted by atomic mass is 32.2. The maximum atomic E-state index is 13.6. The molecule has 2 rings (SSSR count). The molecule has 1 aromatic heterocycles. The molecule has 1 heterocycles. The van der Waals surface area contributed by atoms with Crippen molar-refractivity contribution in [1.82, 2.24) is 4.98 Å². The van der Waals surface area contributed by atoms with Crippen LogP contribution in [0.3, 0.4) is 0 Å². The van der Waals surface area contributed by atoms with Crippen molar-refractivity contribution < 1.29 is 17.2 Å². The minimum atomic E-state index is -4.18. The quantitative estimate of drug-likeness (QED) is 0.844. The number of halogens is 2. The first-order chi connectivity index (χ1) is 8.42. The van der Waals surface area contributed by atoms with Crippen LogP contribution in [0.4, 0.5) is 19.6 Å². The molecule has 0 amide bonds. The van der Waals surface area contributed by atoms with Crippen LogP contribution >= 0.6 is 11.3 Å². The Morgan fingerprint density at radius 3 is 2.67 bits per heavy atom. The van der Waals surface area contributed by atoms with Gasteiger partial charge in [0.05, 0.1) is 0 Å². The summed E-state index contributed by atoms with van der Waals surface area (Å²) in [7, 11) is -4.18. The van der Waals surface area contributed by atoms with Crippen molar-refractivity contribution in [3.05, 3.63) is 35.3 Å². The van der Waals surface area contributed by atoms with E-state index in [4.69, 9.17) is 5.73 Å². The van der Waals surface area contributed by atoms with Gasteiger partial charge in [-0.2, -0.15) is 0 Å².